The van der Waals surface area contributed by atoms with Gasteiger partial charge in [0.1, 0.15) is 11.6 Å². The number of hydrogen-bond acceptors (Lipinski definition) is 3. The van der Waals surface area contributed by atoms with Gasteiger partial charge in [0.25, 0.3) is 0 Å². The van der Waals surface area contributed by atoms with Gasteiger partial charge < -0.3 is 4.74 Å². The molecule has 0 aliphatic rings. The first-order valence-corrected chi connectivity index (χ1v) is 4.99. The second-order valence-corrected chi connectivity index (χ2v) is 3.90. The summed E-state index contributed by atoms with van der Waals surface area (Å²) >= 11 is 5.53. The molecule has 68 valence electrons. The van der Waals surface area contributed by atoms with Gasteiger partial charge in [0.2, 0.25) is 0 Å². The Morgan fingerprint density at radius 3 is 2.92 bits per heavy atom. The zero-order chi connectivity index (χ0) is 9.42. The van der Waals surface area contributed by atoms with Crippen LogP contribution in [0.4, 0.5) is 4.39 Å². The number of thiol groups is 1. The summed E-state index contributed by atoms with van der Waals surface area (Å²) < 4.78 is 19.0. The van der Waals surface area contributed by atoms with Gasteiger partial charge in [0, 0.05) is 10.8 Å². The molecule has 0 N–H and O–H groups in total. The third-order valence-corrected chi connectivity index (χ3v) is 3.43. The maximum Gasteiger partial charge on any atom is 0.137 e. The number of benzene rings is 1. The highest BCUT2D eigenvalue weighted by Crippen LogP contribution is 2.36. The van der Waals surface area contributed by atoms with E-state index < -0.39 is 0 Å². The normalized spacial score (nSPS) is 10.7. The summed E-state index contributed by atoms with van der Waals surface area (Å²) in [5.41, 5.74) is 0. The average Bonchev–Trinajstić information content (AvgIpc) is 2.55. The van der Waals surface area contributed by atoms with Crippen molar-refractivity contribution in [2.75, 3.05) is 7.11 Å². The molecule has 0 saturated heterocycles. The van der Waals surface area contributed by atoms with Gasteiger partial charge in [-0.05, 0) is 12.1 Å². The molecular formula is C9H7FOS2. The monoisotopic (exact) mass is 214 g/mol. The Balaban J connectivity index is 2.81. The van der Waals surface area contributed by atoms with E-state index in [2.05, 4.69) is 12.6 Å². The molecule has 13 heavy (non-hydrogen) atoms. The lowest BCUT2D eigenvalue weighted by molar-refractivity contribution is 0.421. The second-order valence-electron chi connectivity index (χ2n) is 2.58. The van der Waals surface area contributed by atoms with Gasteiger partial charge in [-0.25, -0.2) is 4.39 Å². The van der Waals surface area contributed by atoms with E-state index in [9.17, 15) is 4.39 Å². The van der Waals surface area contributed by atoms with Crippen molar-refractivity contribution in [2.45, 2.75) is 4.90 Å². The fourth-order valence-electron chi connectivity index (χ4n) is 1.19. The first-order valence-electron chi connectivity index (χ1n) is 3.66. The molecule has 0 amide bonds. The maximum absolute atomic E-state index is 13.1. The summed E-state index contributed by atoms with van der Waals surface area (Å²) in [5, 5.41) is 2.77. The quantitative estimate of drug-likeness (QED) is 0.716. The Morgan fingerprint density at radius 2 is 2.23 bits per heavy atom. The molecule has 2 aromatic rings. The molecule has 0 atom stereocenters. The number of methoxy groups -OCH3 is 1. The van der Waals surface area contributed by atoms with Gasteiger partial charge >= 0.3 is 0 Å². The number of halogens is 1. The van der Waals surface area contributed by atoms with Crippen LogP contribution in [0.5, 0.6) is 5.75 Å². The van der Waals surface area contributed by atoms with Crippen molar-refractivity contribution in [3.8, 4) is 5.75 Å². The third kappa shape index (κ3) is 1.30. The maximum atomic E-state index is 13.1. The summed E-state index contributed by atoms with van der Waals surface area (Å²) in [6.45, 7) is 0. The van der Waals surface area contributed by atoms with Gasteiger partial charge in [-0.15, -0.1) is 24.0 Å². The van der Waals surface area contributed by atoms with Crippen molar-refractivity contribution in [2.24, 2.45) is 0 Å². The molecule has 1 aromatic carbocycles. The molecule has 4 heteroatoms. The minimum absolute atomic E-state index is 0.291. The van der Waals surface area contributed by atoms with Crippen LogP contribution in [0.15, 0.2) is 22.4 Å². The van der Waals surface area contributed by atoms with Gasteiger partial charge in [0.05, 0.1) is 16.7 Å². The SMILES string of the molecule is COc1csc2c(S)c(F)ccc12. The molecular weight excluding hydrogens is 207 g/mol. The van der Waals surface area contributed by atoms with E-state index in [4.69, 9.17) is 4.74 Å². The standard InChI is InChI=1S/C9H7FOS2/c1-11-7-4-13-9-5(7)2-3-6(10)8(9)12/h2-4,12H,1H3. The van der Waals surface area contributed by atoms with Crippen molar-refractivity contribution in [3.63, 3.8) is 0 Å². The molecule has 0 aliphatic carbocycles. The van der Waals surface area contributed by atoms with E-state index in [1.165, 1.54) is 17.4 Å². The minimum atomic E-state index is -0.291. The fraction of sp³-hybridized carbons (Fsp3) is 0.111. The molecule has 0 fully saturated rings. The Labute approximate surface area is 84.6 Å². The number of thiophene rings is 1. The number of fused-ring (bicyclic) bond motifs is 1. The van der Waals surface area contributed by atoms with Crippen LogP contribution >= 0.6 is 24.0 Å². The predicted octanol–water partition coefficient (Wildman–Crippen LogP) is 3.34. The number of hydrogen-bond donors (Lipinski definition) is 1. The Bertz CT molecular complexity index is 450. The largest absolute Gasteiger partial charge is 0.495 e. The van der Waals surface area contributed by atoms with Crippen LogP contribution in [-0.2, 0) is 0 Å². The molecule has 1 aromatic heterocycles. The first kappa shape index (κ1) is 8.84. The van der Waals surface area contributed by atoms with Crippen LogP contribution in [0.1, 0.15) is 0 Å². The van der Waals surface area contributed by atoms with Crippen molar-refractivity contribution in [3.05, 3.63) is 23.3 Å². The Hall–Kier alpha value is -0.740. The van der Waals surface area contributed by atoms with E-state index in [0.29, 0.717) is 4.90 Å². The number of rotatable bonds is 1. The first-order chi connectivity index (χ1) is 6.24. The lowest BCUT2D eigenvalue weighted by atomic mass is 10.2. The molecule has 0 aliphatic heterocycles. The van der Waals surface area contributed by atoms with E-state index in [0.717, 1.165) is 15.8 Å². The average molecular weight is 214 g/mol. The van der Waals surface area contributed by atoms with Crippen molar-refractivity contribution >= 4 is 34.1 Å². The molecule has 0 radical (unpaired) electrons. The molecule has 2 rings (SSSR count). The topological polar surface area (TPSA) is 9.23 Å². The van der Waals surface area contributed by atoms with E-state index >= 15 is 0 Å². The summed E-state index contributed by atoms with van der Waals surface area (Å²) in [6.07, 6.45) is 0. The van der Waals surface area contributed by atoms with E-state index in [1.54, 1.807) is 13.2 Å². The van der Waals surface area contributed by atoms with E-state index in [1.807, 2.05) is 5.38 Å². The van der Waals surface area contributed by atoms with Crippen LogP contribution in [-0.4, -0.2) is 7.11 Å². The van der Waals surface area contributed by atoms with Crippen molar-refractivity contribution in [1.82, 2.24) is 0 Å². The summed E-state index contributed by atoms with van der Waals surface area (Å²) in [6, 6.07) is 3.11. The van der Waals surface area contributed by atoms with Gasteiger partial charge in [-0.3, -0.25) is 0 Å². The highest BCUT2D eigenvalue weighted by Gasteiger charge is 2.09. The van der Waals surface area contributed by atoms with Crippen LogP contribution in [0.3, 0.4) is 0 Å². The molecule has 1 heterocycles. The highest BCUT2D eigenvalue weighted by molar-refractivity contribution is 7.80. The molecule has 0 spiro atoms. The molecule has 0 bridgehead atoms. The second kappa shape index (κ2) is 3.20. The molecule has 0 saturated carbocycles. The summed E-state index contributed by atoms with van der Waals surface area (Å²) in [7, 11) is 1.60. The van der Waals surface area contributed by atoms with Gasteiger partial charge in [0.15, 0.2) is 0 Å². The van der Waals surface area contributed by atoms with Crippen LogP contribution in [0.25, 0.3) is 10.1 Å². The Morgan fingerprint density at radius 1 is 1.46 bits per heavy atom. The number of ether oxygens (including phenoxy) is 1. The zero-order valence-electron chi connectivity index (χ0n) is 6.87. The molecule has 0 unspecified atom stereocenters. The predicted molar refractivity (Wildman–Crippen MR) is 55.6 cm³/mol. The van der Waals surface area contributed by atoms with Gasteiger partial charge in [-0.1, -0.05) is 0 Å². The van der Waals surface area contributed by atoms with Crippen LogP contribution in [0.2, 0.25) is 0 Å². The Kier molecular flexibility index (Phi) is 2.17. The highest BCUT2D eigenvalue weighted by atomic mass is 32.1. The lowest BCUT2D eigenvalue weighted by Gasteiger charge is -1.98. The summed E-state index contributed by atoms with van der Waals surface area (Å²) in [5.74, 6) is 0.482. The van der Waals surface area contributed by atoms with Gasteiger partial charge in [-0.2, -0.15) is 0 Å². The summed E-state index contributed by atoms with van der Waals surface area (Å²) in [4.78, 5) is 0.394. The van der Waals surface area contributed by atoms with E-state index in [-0.39, 0.29) is 5.82 Å². The fourth-order valence-corrected chi connectivity index (χ4v) is 2.50. The zero-order valence-corrected chi connectivity index (χ0v) is 8.58. The smallest absolute Gasteiger partial charge is 0.137 e. The molecule has 1 nitrogen and oxygen atoms in total. The van der Waals surface area contributed by atoms with Crippen LogP contribution < -0.4 is 4.74 Å². The van der Waals surface area contributed by atoms with Crippen LogP contribution in [0, 0.1) is 5.82 Å². The van der Waals surface area contributed by atoms with Crippen molar-refractivity contribution < 1.29 is 9.13 Å². The minimum Gasteiger partial charge on any atom is -0.495 e. The lowest BCUT2D eigenvalue weighted by Crippen LogP contribution is -1.81. The van der Waals surface area contributed by atoms with Crippen molar-refractivity contribution in [1.29, 1.82) is 0 Å². The third-order valence-electron chi connectivity index (χ3n) is 1.85.